The Hall–Kier alpha value is -9.56. The van der Waals surface area contributed by atoms with Crippen molar-refractivity contribution >= 4 is 79.1 Å². The maximum absolute atomic E-state index is 11.7. The average molecular weight is 1140 g/mol. The summed E-state index contributed by atoms with van der Waals surface area (Å²) in [6, 6.07) is 5.26. The summed E-state index contributed by atoms with van der Waals surface area (Å²) in [4.78, 5) is 106. The summed E-state index contributed by atoms with van der Waals surface area (Å²) in [6.07, 6.45) is 12.7. The molecule has 11 aromatic heterocycles. The lowest BCUT2D eigenvalue weighted by molar-refractivity contribution is 0.0996. The van der Waals surface area contributed by atoms with Crippen LogP contribution in [-0.2, 0) is 0 Å². The van der Waals surface area contributed by atoms with Gasteiger partial charge in [-0.05, 0) is 135 Å². The van der Waals surface area contributed by atoms with Gasteiger partial charge in [0.2, 0.25) is 0 Å². The lowest BCUT2D eigenvalue weighted by atomic mass is 10.2. The maximum atomic E-state index is 11.7. The van der Waals surface area contributed by atoms with Crippen LogP contribution < -0.4 is 28.0 Å². The third-order valence-corrected chi connectivity index (χ3v) is 13.0. The zero-order valence-corrected chi connectivity index (χ0v) is 50.1. The number of ketones is 1. The van der Waals surface area contributed by atoms with Gasteiger partial charge in [-0.3, -0.25) is 24.0 Å². The van der Waals surface area contributed by atoms with Gasteiger partial charge in [-0.2, -0.15) is 0 Å². The SMILES string of the molecule is CC(C)n1cnc2c(N)ccnc21.CC(C)n1cnc2c1N=CCC2=O.Cc1nc2c(c(C)cn2C(C)C)c(=O)[nH]1.Cc1nc2c(ccn2C(C)C)c(=O)[nH]1.Cc1nc2c(ncn2C(C)C)c(=O)[nH]1.Cc1nc2c(nnn2C(C)C)c(=O)[nH]1. The number of hydrogen-bond donors (Lipinski definition) is 5. The maximum Gasteiger partial charge on any atom is 0.281 e. The summed E-state index contributed by atoms with van der Waals surface area (Å²) in [5, 5.41) is 9.03. The van der Waals surface area contributed by atoms with Crippen molar-refractivity contribution in [2.45, 2.75) is 160 Å². The summed E-state index contributed by atoms with van der Waals surface area (Å²) < 4.78 is 11.5. The van der Waals surface area contributed by atoms with Gasteiger partial charge in [0.15, 0.2) is 45.3 Å². The molecule has 12 rings (SSSR count). The highest BCUT2D eigenvalue weighted by atomic mass is 16.1. The van der Waals surface area contributed by atoms with Crippen LogP contribution in [0.15, 0.2) is 73.9 Å². The molecule has 11 aromatic rings. The van der Waals surface area contributed by atoms with Crippen molar-refractivity contribution < 1.29 is 4.79 Å². The topological polar surface area (TPSA) is 345 Å². The summed E-state index contributed by atoms with van der Waals surface area (Å²) in [5.74, 6) is 3.27. The molecular weight excluding hydrogens is 1060 g/mol. The van der Waals surface area contributed by atoms with Gasteiger partial charge < -0.3 is 48.5 Å². The van der Waals surface area contributed by atoms with Gasteiger partial charge >= 0.3 is 0 Å². The highest BCUT2D eigenvalue weighted by Crippen LogP contribution is 2.26. The van der Waals surface area contributed by atoms with E-state index in [1.807, 2.05) is 83.7 Å². The smallest absolute Gasteiger partial charge is 0.281 e. The van der Waals surface area contributed by atoms with E-state index in [2.05, 4.69) is 117 Å². The molecule has 0 spiro atoms. The van der Waals surface area contributed by atoms with Crippen LogP contribution in [0.4, 0.5) is 11.5 Å². The third kappa shape index (κ3) is 13.5. The van der Waals surface area contributed by atoms with Gasteiger partial charge in [-0.15, -0.1) is 5.10 Å². The zero-order chi connectivity index (χ0) is 60.9. The van der Waals surface area contributed by atoms with Crippen LogP contribution in [0.3, 0.4) is 0 Å². The molecule has 0 saturated carbocycles. The molecule has 0 amide bonds. The van der Waals surface area contributed by atoms with E-state index in [1.165, 1.54) is 0 Å². The molecule has 1 aliphatic rings. The fourth-order valence-electron chi connectivity index (χ4n) is 8.82. The largest absolute Gasteiger partial charge is 0.397 e. The first kappa shape index (κ1) is 61.1. The number of imidazole rings is 3. The Morgan fingerprint density at radius 1 is 0.494 bits per heavy atom. The molecule has 83 heavy (non-hydrogen) atoms. The molecule has 0 saturated heterocycles. The molecular formula is C56H74N22O5. The molecule has 0 aliphatic carbocycles. The minimum absolute atomic E-state index is 0.0469. The quantitative estimate of drug-likeness (QED) is 0.104. The number of H-pyrrole nitrogens is 4. The summed E-state index contributed by atoms with van der Waals surface area (Å²) >= 11 is 0. The molecule has 0 fully saturated rings. The van der Waals surface area contributed by atoms with Crippen molar-refractivity contribution in [2.24, 2.45) is 4.99 Å². The minimum Gasteiger partial charge on any atom is -0.397 e. The van der Waals surface area contributed by atoms with E-state index in [1.54, 1.807) is 75.9 Å². The van der Waals surface area contributed by atoms with Gasteiger partial charge in [-0.25, -0.2) is 49.5 Å². The second-order valence-electron chi connectivity index (χ2n) is 21.6. The number of hydrogen-bond acceptors (Lipinski definition) is 17. The highest BCUT2D eigenvalue weighted by Gasteiger charge is 2.21. The molecule has 0 bridgehead atoms. The van der Waals surface area contributed by atoms with Crippen molar-refractivity contribution in [3.8, 4) is 0 Å². The molecule has 0 unspecified atom stereocenters. The number of nitrogens with one attached hydrogen (secondary N) is 4. The first-order valence-corrected chi connectivity index (χ1v) is 27.3. The summed E-state index contributed by atoms with van der Waals surface area (Å²) in [6.45, 7) is 33.6. The Morgan fingerprint density at radius 2 is 1.00 bits per heavy atom. The van der Waals surface area contributed by atoms with Crippen LogP contribution in [0.25, 0.3) is 55.6 Å². The first-order chi connectivity index (χ1) is 39.2. The van der Waals surface area contributed by atoms with Gasteiger partial charge in [0.05, 0.1) is 41.5 Å². The zero-order valence-electron chi connectivity index (χ0n) is 50.1. The van der Waals surface area contributed by atoms with E-state index >= 15 is 0 Å². The van der Waals surface area contributed by atoms with Crippen LogP contribution in [0.2, 0.25) is 0 Å². The second kappa shape index (κ2) is 25.5. The van der Waals surface area contributed by atoms with Crippen molar-refractivity contribution in [2.75, 3.05) is 5.73 Å². The molecule has 1 aliphatic heterocycles. The van der Waals surface area contributed by atoms with Crippen LogP contribution in [-0.4, -0.2) is 110 Å². The van der Waals surface area contributed by atoms with Crippen molar-refractivity contribution in [1.82, 2.24) is 97.6 Å². The number of aryl methyl sites for hydroxylation is 5. The van der Waals surface area contributed by atoms with Crippen LogP contribution >= 0.6 is 0 Å². The second-order valence-corrected chi connectivity index (χ2v) is 21.6. The number of Topliss-reactive ketones (excluding diaryl/α,β-unsaturated/α-hetero) is 1. The number of aliphatic imine (C=N–C) groups is 1. The Bertz CT molecular complexity index is 4140. The van der Waals surface area contributed by atoms with E-state index in [4.69, 9.17) is 5.73 Å². The monoisotopic (exact) mass is 1130 g/mol. The Morgan fingerprint density at radius 3 is 1.59 bits per heavy atom. The number of rotatable bonds is 6. The summed E-state index contributed by atoms with van der Waals surface area (Å²) in [5.41, 5.74) is 12.5. The predicted octanol–water partition coefficient (Wildman–Crippen LogP) is 8.30. The number of pyridine rings is 1. The minimum atomic E-state index is -0.237. The van der Waals surface area contributed by atoms with Gasteiger partial charge in [0.1, 0.15) is 40.1 Å². The first-order valence-electron chi connectivity index (χ1n) is 27.3. The molecule has 0 radical (unpaired) electrons. The van der Waals surface area contributed by atoms with E-state index < -0.39 is 0 Å². The van der Waals surface area contributed by atoms with Crippen LogP contribution in [0, 0.1) is 34.6 Å². The number of nitrogens with zero attached hydrogens (tertiary/aromatic N) is 17. The third-order valence-electron chi connectivity index (χ3n) is 13.0. The number of aromatic amines is 4. The van der Waals surface area contributed by atoms with Crippen LogP contribution in [0.1, 0.15) is 165 Å². The number of fused-ring (bicyclic) bond motifs is 6. The predicted molar refractivity (Wildman–Crippen MR) is 322 cm³/mol. The average Bonchev–Trinajstić information content (AvgIpc) is 4.48. The Kier molecular flexibility index (Phi) is 18.8. The van der Waals surface area contributed by atoms with Crippen molar-refractivity contribution in [1.29, 1.82) is 0 Å². The number of nitrogen functional groups attached to an aromatic ring is 1. The van der Waals surface area contributed by atoms with E-state index in [0.717, 1.165) is 28.0 Å². The molecule has 0 atom stereocenters. The van der Waals surface area contributed by atoms with E-state index in [-0.39, 0.29) is 40.1 Å². The number of carbonyl (C=O) groups is 1. The number of aromatic nitrogens is 20. The van der Waals surface area contributed by atoms with Crippen LogP contribution in [0.5, 0.6) is 0 Å². The Balaban J connectivity index is 0.000000143. The number of carbonyl (C=O) groups excluding carboxylic acids is 1. The van der Waals surface area contributed by atoms with Gasteiger partial charge in [0.25, 0.3) is 22.2 Å². The van der Waals surface area contributed by atoms with Crippen molar-refractivity contribution in [3.63, 3.8) is 0 Å². The van der Waals surface area contributed by atoms with Gasteiger partial charge in [0, 0.05) is 61.4 Å². The van der Waals surface area contributed by atoms with Crippen molar-refractivity contribution in [3.05, 3.63) is 126 Å². The fourth-order valence-corrected chi connectivity index (χ4v) is 8.82. The number of anilines is 1. The molecule has 27 nitrogen and oxygen atoms in total. The fraction of sp³-hybridized carbons (Fsp3) is 0.429. The normalized spacial score (nSPS) is 12.0. The molecule has 0 aromatic carbocycles. The van der Waals surface area contributed by atoms with E-state index in [0.29, 0.717) is 104 Å². The van der Waals surface area contributed by atoms with E-state index in [9.17, 15) is 24.0 Å². The highest BCUT2D eigenvalue weighted by molar-refractivity contribution is 6.08. The molecule has 438 valence electrons. The lowest BCUT2D eigenvalue weighted by Gasteiger charge is -2.10. The Labute approximate surface area is 476 Å². The molecule has 12 heterocycles. The van der Waals surface area contributed by atoms with Gasteiger partial charge in [-0.1, -0.05) is 5.21 Å². The summed E-state index contributed by atoms with van der Waals surface area (Å²) in [7, 11) is 0. The number of nitrogens with two attached hydrogens (primary N) is 1. The standard InChI is InChI=1S/C11H15N3O.C10H13N3O.C9H12N4O.C9H12N4.C9H11N3O.C8H11N5O/c1-6(2)14-5-7(3)9-10(14)12-8(4)13-11(9)15;1-6(2)13-5-4-8-9(13)11-7(3)12-10(8)14;1-5(2)13-4-10-7-8(13)11-6(3)12-9(7)14;1-6(2)13-5-12-8-7(10)3-4-11-9(8)13;1-6(2)12-5-11-8-7(13)3-4-10-9(8)12;1-4(2)13-7-6(11-12-13)8(14)10-5(3)9-7/h5-6H,1-4H3,(H,12,13,15);4-6H,1-3H3,(H,11,12,14);4-5H,1-3H3,(H,11,12,14);3-6H,1-2H3,(H2,10,11);4-6H,3H2,1-2H3;4H,1-3H3,(H,9,10,14). The lowest BCUT2D eigenvalue weighted by Crippen LogP contribution is -2.11. The molecule has 27 heteroatoms. The molecule has 6 N–H and O–H groups in total.